The number of carbonyl (C=O) groups excluding carboxylic acids is 1. The van der Waals surface area contributed by atoms with Crippen LogP contribution in [0.15, 0.2) is 42.7 Å². The maximum atomic E-state index is 12.6. The van der Waals surface area contributed by atoms with Gasteiger partial charge in [0, 0.05) is 26.0 Å². The molecule has 0 radical (unpaired) electrons. The van der Waals surface area contributed by atoms with Crippen molar-refractivity contribution < 1.29 is 14.3 Å². The number of methoxy groups -OCH3 is 2. The third kappa shape index (κ3) is 3.64. The summed E-state index contributed by atoms with van der Waals surface area (Å²) in [6.07, 6.45) is 4.40. The van der Waals surface area contributed by atoms with E-state index in [9.17, 15) is 4.79 Å². The average Bonchev–Trinajstić information content (AvgIpc) is 3.08. The fourth-order valence-corrected chi connectivity index (χ4v) is 2.82. The lowest BCUT2D eigenvalue weighted by Crippen LogP contribution is -2.29. The van der Waals surface area contributed by atoms with Gasteiger partial charge in [0.15, 0.2) is 11.5 Å². The van der Waals surface area contributed by atoms with E-state index < -0.39 is 0 Å². The summed E-state index contributed by atoms with van der Waals surface area (Å²) in [5, 5.41) is 0. The Morgan fingerprint density at radius 3 is 2.65 bits per heavy atom. The van der Waals surface area contributed by atoms with E-state index in [-0.39, 0.29) is 5.91 Å². The summed E-state index contributed by atoms with van der Waals surface area (Å²) in [4.78, 5) is 18.8. The molecular formula is C20H23N3O3. The average molecular weight is 353 g/mol. The van der Waals surface area contributed by atoms with Crippen molar-refractivity contribution in [1.29, 1.82) is 0 Å². The van der Waals surface area contributed by atoms with Gasteiger partial charge in [-0.2, -0.15) is 0 Å². The number of hydrogen-bond acceptors (Lipinski definition) is 4. The number of amides is 1. The van der Waals surface area contributed by atoms with E-state index in [4.69, 9.17) is 9.47 Å². The van der Waals surface area contributed by atoms with Gasteiger partial charge in [-0.3, -0.25) is 4.79 Å². The quantitative estimate of drug-likeness (QED) is 0.684. The molecule has 0 atom stereocenters. The molecule has 0 unspecified atom stereocenters. The molecule has 136 valence electrons. The first-order valence-electron chi connectivity index (χ1n) is 8.43. The third-order valence-electron chi connectivity index (χ3n) is 4.37. The highest BCUT2D eigenvalue weighted by molar-refractivity contribution is 5.92. The number of fused-ring (bicyclic) bond motifs is 1. The maximum Gasteiger partial charge on any atom is 0.273 e. The Morgan fingerprint density at radius 2 is 1.92 bits per heavy atom. The smallest absolute Gasteiger partial charge is 0.273 e. The zero-order valence-corrected chi connectivity index (χ0v) is 15.5. The minimum Gasteiger partial charge on any atom is -0.493 e. The van der Waals surface area contributed by atoms with Crippen LogP contribution in [0.3, 0.4) is 0 Å². The summed E-state index contributed by atoms with van der Waals surface area (Å²) >= 11 is 0. The Bertz CT molecular complexity index is 933. The second-order valence-electron chi connectivity index (χ2n) is 6.26. The van der Waals surface area contributed by atoms with Gasteiger partial charge in [0.2, 0.25) is 0 Å². The van der Waals surface area contributed by atoms with E-state index in [1.165, 1.54) is 0 Å². The zero-order chi connectivity index (χ0) is 18.7. The van der Waals surface area contributed by atoms with Crippen LogP contribution in [0.1, 0.15) is 21.6 Å². The van der Waals surface area contributed by atoms with Gasteiger partial charge in [-0.05, 0) is 48.7 Å². The van der Waals surface area contributed by atoms with Crippen LogP contribution in [0.2, 0.25) is 0 Å². The number of benzene rings is 1. The lowest BCUT2D eigenvalue weighted by atomic mass is 10.1. The topological polar surface area (TPSA) is 56.1 Å². The molecule has 0 aliphatic heterocycles. The summed E-state index contributed by atoms with van der Waals surface area (Å²) < 4.78 is 12.4. The molecule has 0 bridgehead atoms. The van der Waals surface area contributed by atoms with Gasteiger partial charge in [0.1, 0.15) is 11.3 Å². The highest BCUT2D eigenvalue weighted by Gasteiger charge is 2.16. The molecule has 3 aromatic rings. The number of pyridine rings is 1. The molecule has 0 fully saturated rings. The number of ether oxygens (including phenoxy) is 2. The van der Waals surface area contributed by atoms with Crippen LogP contribution in [-0.4, -0.2) is 48.0 Å². The van der Waals surface area contributed by atoms with Gasteiger partial charge in [-0.25, -0.2) is 4.98 Å². The van der Waals surface area contributed by atoms with Crippen LogP contribution in [0.25, 0.3) is 5.65 Å². The summed E-state index contributed by atoms with van der Waals surface area (Å²) in [7, 11) is 5.01. The van der Waals surface area contributed by atoms with Gasteiger partial charge >= 0.3 is 0 Å². The first-order chi connectivity index (χ1) is 12.5. The number of imidazole rings is 1. The van der Waals surface area contributed by atoms with Crippen LogP contribution in [0, 0.1) is 6.92 Å². The van der Waals surface area contributed by atoms with Crippen LogP contribution in [0.4, 0.5) is 0 Å². The minimum atomic E-state index is -0.0909. The van der Waals surface area contributed by atoms with E-state index in [1.807, 2.05) is 47.9 Å². The van der Waals surface area contributed by atoms with Crippen molar-refractivity contribution in [3.8, 4) is 11.5 Å². The van der Waals surface area contributed by atoms with E-state index in [2.05, 4.69) is 4.98 Å². The Labute approximate surface area is 153 Å². The molecule has 2 heterocycles. The Balaban J connectivity index is 1.68. The van der Waals surface area contributed by atoms with Crippen molar-refractivity contribution >= 4 is 11.6 Å². The molecule has 0 aliphatic carbocycles. The lowest BCUT2D eigenvalue weighted by Gasteiger charge is -2.16. The molecule has 0 saturated carbocycles. The van der Waals surface area contributed by atoms with E-state index >= 15 is 0 Å². The molecule has 0 spiro atoms. The molecule has 2 aromatic heterocycles. The first-order valence-corrected chi connectivity index (χ1v) is 8.43. The molecule has 1 aromatic carbocycles. The lowest BCUT2D eigenvalue weighted by molar-refractivity contribution is 0.0791. The molecule has 0 aliphatic rings. The number of likely N-dealkylation sites (N-methyl/N-ethyl adjacent to an activating group) is 1. The summed E-state index contributed by atoms with van der Waals surface area (Å²) in [6.45, 7) is 2.59. The number of nitrogens with zero attached hydrogens (tertiary/aromatic N) is 3. The van der Waals surface area contributed by atoms with E-state index in [1.54, 1.807) is 32.4 Å². The second-order valence-corrected chi connectivity index (χ2v) is 6.26. The van der Waals surface area contributed by atoms with E-state index in [0.717, 1.165) is 23.2 Å². The maximum absolute atomic E-state index is 12.6. The predicted octanol–water partition coefficient (Wildman–Crippen LogP) is 2.97. The molecule has 1 amide bonds. The first kappa shape index (κ1) is 17.8. The fourth-order valence-electron chi connectivity index (χ4n) is 2.82. The van der Waals surface area contributed by atoms with Crippen molar-refractivity contribution in [3.05, 3.63) is 59.5 Å². The Hall–Kier alpha value is -3.02. The third-order valence-corrected chi connectivity index (χ3v) is 4.37. The van der Waals surface area contributed by atoms with Crippen molar-refractivity contribution in [1.82, 2.24) is 14.3 Å². The summed E-state index contributed by atoms with van der Waals surface area (Å²) in [6, 6.07) is 9.74. The Morgan fingerprint density at radius 1 is 1.15 bits per heavy atom. The highest BCUT2D eigenvalue weighted by Crippen LogP contribution is 2.27. The number of aromatic nitrogens is 2. The summed E-state index contributed by atoms with van der Waals surface area (Å²) in [5.74, 6) is 1.29. The fraction of sp³-hybridized carbons (Fsp3) is 0.300. The SMILES string of the molecule is COc1ccc(CCN(C)C(=O)c2cn3ccc(C)cc3n2)cc1OC. The molecule has 3 rings (SSSR count). The molecule has 0 N–H and O–H groups in total. The molecule has 6 nitrogen and oxygen atoms in total. The Kier molecular flexibility index (Phi) is 5.11. The van der Waals surface area contributed by atoms with Gasteiger partial charge in [-0.1, -0.05) is 6.07 Å². The van der Waals surface area contributed by atoms with Crippen molar-refractivity contribution in [2.24, 2.45) is 0 Å². The van der Waals surface area contributed by atoms with Gasteiger partial charge in [0.25, 0.3) is 5.91 Å². The number of hydrogen-bond donors (Lipinski definition) is 0. The number of aryl methyl sites for hydroxylation is 1. The van der Waals surface area contributed by atoms with Gasteiger partial charge in [0.05, 0.1) is 14.2 Å². The standard InChI is InChI=1S/C20H23N3O3/c1-14-7-10-23-13-16(21-19(23)11-14)20(24)22(2)9-8-15-5-6-17(25-3)18(12-15)26-4/h5-7,10-13H,8-9H2,1-4H3. The normalized spacial score (nSPS) is 10.8. The van der Waals surface area contributed by atoms with Crippen LogP contribution in [-0.2, 0) is 6.42 Å². The van der Waals surface area contributed by atoms with Crippen molar-refractivity contribution in [2.75, 3.05) is 27.8 Å². The monoisotopic (exact) mass is 353 g/mol. The molecule has 26 heavy (non-hydrogen) atoms. The number of carbonyl (C=O) groups is 1. The highest BCUT2D eigenvalue weighted by atomic mass is 16.5. The largest absolute Gasteiger partial charge is 0.493 e. The molecule has 6 heteroatoms. The summed E-state index contributed by atoms with van der Waals surface area (Å²) in [5.41, 5.74) is 3.42. The van der Waals surface area contributed by atoms with Gasteiger partial charge < -0.3 is 18.8 Å². The minimum absolute atomic E-state index is 0.0909. The molecular weight excluding hydrogens is 330 g/mol. The van der Waals surface area contributed by atoms with Crippen LogP contribution < -0.4 is 9.47 Å². The van der Waals surface area contributed by atoms with Gasteiger partial charge in [-0.15, -0.1) is 0 Å². The second kappa shape index (κ2) is 7.47. The molecule has 0 saturated heterocycles. The number of rotatable bonds is 6. The predicted molar refractivity (Wildman–Crippen MR) is 100 cm³/mol. The van der Waals surface area contributed by atoms with Crippen LogP contribution >= 0.6 is 0 Å². The van der Waals surface area contributed by atoms with E-state index in [0.29, 0.717) is 23.7 Å². The van der Waals surface area contributed by atoms with Crippen molar-refractivity contribution in [2.45, 2.75) is 13.3 Å². The van der Waals surface area contributed by atoms with Crippen molar-refractivity contribution in [3.63, 3.8) is 0 Å². The van der Waals surface area contributed by atoms with Crippen LogP contribution in [0.5, 0.6) is 11.5 Å². The zero-order valence-electron chi connectivity index (χ0n) is 15.5.